The van der Waals surface area contributed by atoms with Crippen molar-refractivity contribution in [1.29, 1.82) is 0 Å². The highest BCUT2D eigenvalue weighted by Crippen LogP contribution is 2.47. The first-order valence-corrected chi connectivity index (χ1v) is 12.0. The quantitative estimate of drug-likeness (QED) is 0.425. The number of hydrogen-bond acceptors (Lipinski definition) is 0. The predicted molar refractivity (Wildman–Crippen MR) is 128 cm³/mol. The van der Waals surface area contributed by atoms with Gasteiger partial charge in [-0.05, 0) is 88.7 Å². The molecule has 29 heavy (non-hydrogen) atoms. The molecular formula is C29H42. The molecule has 2 aromatic carbocycles. The van der Waals surface area contributed by atoms with E-state index < -0.39 is 0 Å². The van der Waals surface area contributed by atoms with Gasteiger partial charge < -0.3 is 0 Å². The smallest absolute Gasteiger partial charge is 0.00693 e. The van der Waals surface area contributed by atoms with Gasteiger partial charge in [-0.2, -0.15) is 0 Å². The molecule has 0 radical (unpaired) electrons. The third-order valence-electron chi connectivity index (χ3n) is 7.69. The number of benzene rings is 2. The molecule has 0 heteroatoms. The Kier molecular flexibility index (Phi) is 6.61. The van der Waals surface area contributed by atoms with Crippen molar-refractivity contribution in [3.8, 4) is 0 Å². The fourth-order valence-electron chi connectivity index (χ4n) is 5.76. The van der Waals surface area contributed by atoms with Crippen molar-refractivity contribution in [1.82, 2.24) is 0 Å². The summed E-state index contributed by atoms with van der Waals surface area (Å²) in [5.41, 5.74) is 9.96. The molecule has 0 fully saturated rings. The summed E-state index contributed by atoms with van der Waals surface area (Å²) < 4.78 is 0. The number of aryl methyl sites for hydroxylation is 3. The standard InChI is InChI=1S/C29H42/c1-8-17-28(5,6)26-15-13-22(18-24(26)9-2)11-12-23-14-16-27-25(19-23)21(4)20-29(27,7)10-3/h13-16,18-19,21H,8-12,17,20H2,1-7H3. The highest BCUT2D eigenvalue weighted by Gasteiger charge is 2.36. The van der Waals surface area contributed by atoms with E-state index >= 15 is 0 Å². The fourth-order valence-corrected chi connectivity index (χ4v) is 5.76. The zero-order valence-electron chi connectivity index (χ0n) is 20.0. The zero-order valence-corrected chi connectivity index (χ0v) is 20.0. The van der Waals surface area contributed by atoms with Crippen LogP contribution in [0.15, 0.2) is 36.4 Å². The minimum atomic E-state index is 0.278. The zero-order chi connectivity index (χ0) is 21.2. The molecule has 3 rings (SSSR count). The van der Waals surface area contributed by atoms with E-state index in [-0.39, 0.29) is 5.41 Å². The monoisotopic (exact) mass is 390 g/mol. The minimum Gasteiger partial charge on any atom is -0.0654 e. The third-order valence-corrected chi connectivity index (χ3v) is 7.69. The summed E-state index contributed by atoms with van der Waals surface area (Å²) in [5, 5.41) is 0. The van der Waals surface area contributed by atoms with Crippen molar-refractivity contribution >= 4 is 0 Å². The van der Waals surface area contributed by atoms with Crippen LogP contribution in [0.5, 0.6) is 0 Å². The molecule has 2 aromatic rings. The Balaban J connectivity index is 1.76. The van der Waals surface area contributed by atoms with Gasteiger partial charge in [0, 0.05) is 0 Å². The minimum absolute atomic E-state index is 0.278. The van der Waals surface area contributed by atoms with Crippen LogP contribution in [0.4, 0.5) is 0 Å². The molecule has 2 unspecified atom stereocenters. The van der Waals surface area contributed by atoms with Crippen LogP contribution in [0.1, 0.15) is 113 Å². The molecule has 0 amide bonds. The van der Waals surface area contributed by atoms with Crippen LogP contribution in [0.3, 0.4) is 0 Å². The first-order valence-electron chi connectivity index (χ1n) is 12.0. The Labute approximate surface area is 180 Å². The van der Waals surface area contributed by atoms with Crippen molar-refractivity contribution < 1.29 is 0 Å². The van der Waals surface area contributed by atoms with Crippen LogP contribution in [-0.2, 0) is 30.1 Å². The summed E-state index contributed by atoms with van der Waals surface area (Å²) in [6.07, 6.45) is 8.45. The van der Waals surface area contributed by atoms with Gasteiger partial charge in [-0.1, -0.05) is 91.3 Å². The summed E-state index contributed by atoms with van der Waals surface area (Å²) in [7, 11) is 0. The molecule has 158 valence electrons. The van der Waals surface area contributed by atoms with Crippen LogP contribution >= 0.6 is 0 Å². The van der Waals surface area contributed by atoms with Crippen molar-refractivity contribution in [3.05, 3.63) is 69.8 Å². The average molecular weight is 391 g/mol. The second-order valence-corrected chi connectivity index (χ2v) is 10.4. The molecule has 0 spiro atoms. The lowest BCUT2D eigenvalue weighted by Crippen LogP contribution is -2.19. The summed E-state index contributed by atoms with van der Waals surface area (Å²) in [4.78, 5) is 0. The second-order valence-electron chi connectivity index (χ2n) is 10.4. The first kappa shape index (κ1) is 22.1. The normalized spacial score (nSPS) is 21.4. The van der Waals surface area contributed by atoms with Gasteiger partial charge in [0.25, 0.3) is 0 Å². The Bertz CT molecular complexity index is 841. The van der Waals surface area contributed by atoms with Crippen LogP contribution in [0.2, 0.25) is 0 Å². The Hall–Kier alpha value is -1.56. The van der Waals surface area contributed by atoms with Gasteiger partial charge in [0.05, 0.1) is 0 Å². The van der Waals surface area contributed by atoms with E-state index in [9.17, 15) is 0 Å². The molecule has 0 heterocycles. The van der Waals surface area contributed by atoms with Crippen LogP contribution in [-0.4, -0.2) is 0 Å². The third kappa shape index (κ3) is 4.47. The van der Waals surface area contributed by atoms with Crippen LogP contribution < -0.4 is 0 Å². The van der Waals surface area contributed by atoms with Crippen molar-refractivity contribution in [3.63, 3.8) is 0 Å². The Morgan fingerprint density at radius 3 is 2.24 bits per heavy atom. The van der Waals surface area contributed by atoms with E-state index in [0.29, 0.717) is 11.3 Å². The lowest BCUT2D eigenvalue weighted by atomic mass is 9.77. The van der Waals surface area contributed by atoms with Crippen molar-refractivity contribution in [2.75, 3.05) is 0 Å². The molecule has 2 atom stereocenters. The number of hydrogen-bond donors (Lipinski definition) is 0. The molecule has 1 aliphatic carbocycles. The van der Waals surface area contributed by atoms with E-state index in [0.717, 1.165) is 19.3 Å². The lowest BCUT2D eigenvalue weighted by molar-refractivity contribution is 0.430. The van der Waals surface area contributed by atoms with Gasteiger partial charge in [-0.3, -0.25) is 0 Å². The topological polar surface area (TPSA) is 0 Å². The van der Waals surface area contributed by atoms with E-state index in [1.165, 1.54) is 36.8 Å². The average Bonchev–Trinajstić information content (AvgIpc) is 2.96. The van der Waals surface area contributed by atoms with E-state index in [4.69, 9.17) is 0 Å². The highest BCUT2D eigenvalue weighted by molar-refractivity contribution is 5.44. The van der Waals surface area contributed by atoms with Crippen LogP contribution in [0, 0.1) is 0 Å². The largest absolute Gasteiger partial charge is 0.0654 e. The number of rotatable bonds is 8. The summed E-state index contributed by atoms with van der Waals surface area (Å²) in [6.45, 7) is 16.6. The fraction of sp³-hybridized carbons (Fsp3) is 0.586. The van der Waals surface area contributed by atoms with Gasteiger partial charge in [0.15, 0.2) is 0 Å². The molecule has 0 bridgehead atoms. The number of fused-ring (bicyclic) bond motifs is 1. The highest BCUT2D eigenvalue weighted by atomic mass is 14.4. The SMILES string of the molecule is CCCC(C)(C)c1ccc(CCc2ccc3c(c2)C(C)CC3(C)CC)cc1CC. The maximum atomic E-state index is 2.51. The molecule has 0 saturated carbocycles. The van der Waals surface area contributed by atoms with E-state index in [2.05, 4.69) is 84.9 Å². The lowest BCUT2D eigenvalue weighted by Gasteiger charge is -2.28. The van der Waals surface area contributed by atoms with Gasteiger partial charge in [-0.15, -0.1) is 0 Å². The summed E-state index contributed by atoms with van der Waals surface area (Å²) >= 11 is 0. The van der Waals surface area contributed by atoms with Gasteiger partial charge in [0.2, 0.25) is 0 Å². The van der Waals surface area contributed by atoms with E-state index in [1.54, 1.807) is 22.3 Å². The van der Waals surface area contributed by atoms with Gasteiger partial charge in [0.1, 0.15) is 0 Å². The Morgan fingerprint density at radius 1 is 0.966 bits per heavy atom. The Morgan fingerprint density at radius 2 is 1.62 bits per heavy atom. The molecule has 1 aliphatic rings. The second kappa shape index (κ2) is 8.66. The van der Waals surface area contributed by atoms with Crippen LogP contribution in [0.25, 0.3) is 0 Å². The van der Waals surface area contributed by atoms with Gasteiger partial charge in [-0.25, -0.2) is 0 Å². The molecule has 0 aliphatic heterocycles. The first-order chi connectivity index (χ1) is 13.7. The molecular weight excluding hydrogens is 348 g/mol. The van der Waals surface area contributed by atoms with Crippen molar-refractivity contribution in [2.24, 2.45) is 0 Å². The summed E-state index contributed by atoms with van der Waals surface area (Å²) in [5.74, 6) is 0.696. The summed E-state index contributed by atoms with van der Waals surface area (Å²) in [6, 6.07) is 14.6. The molecule has 0 aromatic heterocycles. The van der Waals surface area contributed by atoms with E-state index in [1.807, 2.05) is 0 Å². The predicted octanol–water partition coefficient (Wildman–Crippen LogP) is 8.29. The molecule has 0 saturated heterocycles. The maximum absolute atomic E-state index is 2.51. The van der Waals surface area contributed by atoms with Gasteiger partial charge >= 0.3 is 0 Å². The molecule has 0 N–H and O–H groups in total. The molecule has 0 nitrogen and oxygen atoms in total. The van der Waals surface area contributed by atoms with Crippen molar-refractivity contribution in [2.45, 2.75) is 110 Å². The maximum Gasteiger partial charge on any atom is -0.00693 e.